The van der Waals surface area contributed by atoms with Crippen LogP contribution in [-0.2, 0) is 4.79 Å². The van der Waals surface area contributed by atoms with Gasteiger partial charge in [-0.1, -0.05) is 6.07 Å². The van der Waals surface area contributed by atoms with E-state index in [-0.39, 0.29) is 23.9 Å². The van der Waals surface area contributed by atoms with E-state index in [1.165, 1.54) is 30.3 Å². The Kier molecular flexibility index (Phi) is 5.99. The highest BCUT2D eigenvalue weighted by molar-refractivity contribution is 5.97. The number of benzene rings is 2. The summed E-state index contributed by atoms with van der Waals surface area (Å²) < 4.78 is 53.0. The molecule has 26 heavy (non-hydrogen) atoms. The number of nitrogens with zero attached hydrogens (tertiary/aromatic N) is 1. The molecule has 1 amide bonds. The summed E-state index contributed by atoms with van der Waals surface area (Å²) in [5.74, 6) is -1.52. The molecule has 0 spiro atoms. The number of halogens is 4. The summed E-state index contributed by atoms with van der Waals surface area (Å²) in [4.78, 5) is 15.5. The number of guanidine groups is 1. The second-order valence-electron chi connectivity index (χ2n) is 4.96. The van der Waals surface area contributed by atoms with Crippen molar-refractivity contribution in [3.63, 3.8) is 0 Å². The number of ether oxygens (including phenoxy) is 1. The minimum atomic E-state index is -4.77. The normalized spacial score (nSPS) is 11.8. The van der Waals surface area contributed by atoms with Gasteiger partial charge in [0.1, 0.15) is 18.1 Å². The SMILES string of the molecule is NC(=NCC(=O)Nc1cccc(F)c1)Nc1ccc(OC(F)(F)F)cc1. The van der Waals surface area contributed by atoms with E-state index in [1.54, 1.807) is 0 Å². The number of anilines is 2. The molecule has 2 aromatic carbocycles. The van der Waals surface area contributed by atoms with Gasteiger partial charge in [0.15, 0.2) is 5.96 Å². The first-order valence-electron chi connectivity index (χ1n) is 7.19. The van der Waals surface area contributed by atoms with Gasteiger partial charge in [0.05, 0.1) is 0 Å². The van der Waals surface area contributed by atoms with Crippen LogP contribution < -0.4 is 21.1 Å². The molecule has 0 aromatic heterocycles. The second kappa shape index (κ2) is 8.19. The van der Waals surface area contributed by atoms with Crippen molar-refractivity contribution in [1.82, 2.24) is 0 Å². The molecule has 0 radical (unpaired) electrons. The highest BCUT2D eigenvalue weighted by Crippen LogP contribution is 2.23. The average Bonchev–Trinajstić information content (AvgIpc) is 2.53. The van der Waals surface area contributed by atoms with E-state index >= 15 is 0 Å². The molecule has 0 fully saturated rings. The molecule has 0 aliphatic heterocycles. The van der Waals surface area contributed by atoms with Gasteiger partial charge in [-0.2, -0.15) is 0 Å². The Balaban J connectivity index is 1.86. The largest absolute Gasteiger partial charge is 0.573 e. The van der Waals surface area contributed by atoms with Crippen LogP contribution in [0.5, 0.6) is 5.75 Å². The lowest BCUT2D eigenvalue weighted by atomic mass is 10.3. The molecule has 2 aromatic rings. The van der Waals surface area contributed by atoms with E-state index in [4.69, 9.17) is 5.73 Å². The predicted octanol–water partition coefficient (Wildman–Crippen LogP) is 3.09. The van der Waals surface area contributed by atoms with E-state index < -0.39 is 18.1 Å². The van der Waals surface area contributed by atoms with Crippen molar-refractivity contribution in [3.05, 3.63) is 54.3 Å². The first-order valence-corrected chi connectivity index (χ1v) is 7.19. The number of carbonyl (C=O) groups is 1. The minimum absolute atomic E-state index is 0.121. The first kappa shape index (κ1) is 19.0. The van der Waals surface area contributed by atoms with E-state index in [2.05, 4.69) is 20.4 Å². The Labute approximate surface area is 145 Å². The topological polar surface area (TPSA) is 88.7 Å². The van der Waals surface area contributed by atoms with Crippen LogP contribution in [0.25, 0.3) is 0 Å². The third-order valence-electron chi connectivity index (χ3n) is 2.86. The third kappa shape index (κ3) is 6.67. The molecule has 4 N–H and O–H groups in total. The summed E-state index contributed by atoms with van der Waals surface area (Å²) in [6, 6.07) is 10.1. The van der Waals surface area contributed by atoms with Crippen molar-refractivity contribution in [2.75, 3.05) is 17.2 Å². The van der Waals surface area contributed by atoms with Crippen molar-refractivity contribution in [2.24, 2.45) is 10.7 Å². The summed E-state index contributed by atoms with van der Waals surface area (Å²) in [6.45, 7) is -0.329. The maximum atomic E-state index is 13.0. The summed E-state index contributed by atoms with van der Waals surface area (Å²) in [5.41, 5.74) is 6.23. The number of aliphatic imine (C=N–C) groups is 1. The zero-order valence-electron chi connectivity index (χ0n) is 13.2. The van der Waals surface area contributed by atoms with Gasteiger partial charge in [0.2, 0.25) is 5.91 Å². The van der Waals surface area contributed by atoms with Gasteiger partial charge in [-0.25, -0.2) is 9.38 Å². The van der Waals surface area contributed by atoms with Crippen LogP contribution in [0.15, 0.2) is 53.5 Å². The van der Waals surface area contributed by atoms with Crippen molar-refractivity contribution in [3.8, 4) is 5.75 Å². The summed E-state index contributed by atoms with van der Waals surface area (Å²) in [7, 11) is 0. The molecule has 0 heterocycles. The molecule has 0 saturated heterocycles. The quantitative estimate of drug-likeness (QED) is 0.429. The maximum absolute atomic E-state index is 13.0. The van der Waals surface area contributed by atoms with Crippen LogP contribution >= 0.6 is 0 Å². The van der Waals surface area contributed by atoms with Crippen molar-refractivity contribution < 1.29 is 27.1 Å². The van der Waals surface area contributed by atoms with E-state index in [1.807, 2.05) is 0 Å². The van der Waals surface area contributed by atoms with Crippen LogP contribution in [-0.4, -0.2) is 24.8 Å². The molecule has 0 bridgehead atoms. The Morgan fingerprint density at radius 3 is 2.38 bits per heavy atom. The van der Waals surface area contributed by atoms with Crippen molar-refractivity contribution >= 4 is 23.2 Å². The lowest BCUT2D eigenvalue weighted by Crippen LogP contribution is -2.25. The number of nitrogens with two attached hydrogens (primary N) is 1. The molecule has 2 rings (SSSR count). The molecular formula is C16H14F4N4O2. The fourth-order valence-corrected chi connectivity index (χ4v) is 1.85. The van der Waals surface area contributed by atoms with Gasteiger partial charge in [-0.05, 0) is 42.5 Å². The van der Waals surface area contributed by atoms with Crippen molar-refractivity contribution in [1.29, 1.82) is 0 Å². The fraction of sp³-hybridized carbons (Fsp3) is 0.125. The Morgan fingerprint density at radius 2 is 1.77 bits per heavy atom. The Morgan fingerprint density at radius 1 is 1.08 bits per heavy atom. The van der Waals surface area contributed by atoms with Crippen LogP contribution in [0.3, 0.4) is 0 Å². The number of nitrogens with one attached hydrogen (secondary N) is 2. The number of amides is 1. The van der Waals surface area contributed by atoms with Gasteiger partial charge >= 0.3 is 6.36 Å². The summed E-state index contributed by atoms with van der Waals surface area (Å²) >= 11 is 0. The molecule has 10 heteroatoms. The average molecular weight is 370 g/mol. The Hall–Kier alpha value is -3.30. The van der Waals surface area contributed by atoms with Crippen LogP contribution in [0.1, 0.15) is 0 Å². The van der Waals surface area contributed by atoms with Crippen LogP contribution in [0.2, 0.25) is 0 Å². The number of hydrogen-bond acceptors (Lipinski definition) is 3. The minimum Gasteiger partial charge on any atom is -0.406 e. The van der Waals surface area contributed by atoms with Gasteiger partial charge in [-0.3, -0.25) is 4.79 Å². The zero-order chi connectivity index (χ0) is 19.2. The summed E-state index contributed by atoms with van der Waals surface area (Å²) in [5, 5.41) is 5.05. The molecular weight excluding hydrogens is 356 g/mol. The number of rotatable bonds is 5. The van der Waals surface area contributed by atoms with Crippen LogP contribution in [0, 0.1) is 5.82 Å². The highest BCUT2D eigenvalue weighted by Gasteiger charge is 2.30. The van der Waals surface area contributed by atoms with Gasteiger partial charge in [0.25, 0.3) is 0 Å². The van der Waals surface area contributed by atoms with E-state index in [9.17, 15) is 22.4 Å². The van der Waals surface area contributed by atoms with Crippen LogP contribution in [0.4, 0.5) is 28.9 Å². The lowest BCUT2D eigenvalue weighted by Gasteiger charge is -2.10. The Bertz CT molecular complexity index is 792. The zero-order valence-corrected chi connectivity index (χ0v) is 13.2. The first-order chi connectivity index (χ1) is 12.2. The standard InChI is InChI=1S/C16H14F4N4O2/c17-10-2-1-3-12(8-10)23-14(25)9-22-15(21)24-11-4-6-13(7-5-11)26-16(18,19)20/h1-8H,9H2,(H,23,25)(H3,21,22,24). The lowest BCUT2D eigenvalue weighted by molar-refractivity contribution is -0.274. The smallest absolute Gasteiger partial charge is 0.406 e. The number of alkyl halides is 3. The molecule has 138 valence electrons. The molecule has 0 saturated carbocycles. The fourth-order valence-electron chi connectivity index (χ4n) is 1.85. The molecule has 0 aliphatic rings. The number of carbonyl (C=O) groups excluding carboxylic acids is 1. The number of hydrogen-bond donors (Lipinski definition) is 3. The third-order valence-corrected chi connectivity index (χ3v) is 2.86. The van der Waals surface area contributed by atoms with Gasteiger partial charge in [0, 0.05) is 11.4 Å². The molecule has 0 aliphatic carbocycles. The van der Waals surface area contributed by atoms with E-state index in [0.717, 1.165) is 18.2 Å². The van der Waals surface area contributed by atoms with Crippen molar-refractivity contribution in [2.45, 2.75) is 6.36 Å². The van der Waals surface area contributed by atoms with Gasteiger partial charge in [-0.15, -0.1) is 13.2 Å². The molecule has 0 atom stereocenters. The maximum Gasteiger partial charge on any atom is 0.573 e. The highest BCUT2D eigenvalue weighted by atomic mass is 19.4. The monoisotopic (exact) mass is 370 g/mol. The van der Waals surface area contributed by atoms with E-state index in [0.29, 0.717) is 5.69 Å². The second-order valence-corrected chi connectivity index (χ2v) is 4.96. The predicted molar refractivity (Wildman–Crippen MR) is 88.3 cm³/mol. The molecule has 6 nitrogen and oxygen atoms in total. The summed E-state index contributed by atoms with van der Waals surface area (Å²) in [6.07, 6.45) is -4.77. The molecule has 0 unspecified atom stereocenters. The van der Waals surface area contributed by atoms with Gasteiger partial charge < -0.3 is 21.1 Å².